The summed E-state index contributed by atoms with van der Waals surface area (Å²) in [7, 11) is 0. The molecule has 1 saturated carbocycles. The minimum atomic E-state index is -0.292. The molecule has 4 nitrogen and oxygen atoms in total. The topological polar surface area (TPSA) is 70.1 Å². The molecule has 0 aliphatic heterocycles. The molecular weight excluding hydrogens is 250 g/mol. The summed E-state index contributed by atoms with van der Waals surface area (Å²) in [5.41, 5.74) is 5.39. The molecule has 0 spiro atoms. The van der Waals surface area contributed by atoms with Crippen LogP contribution < -0.4 is 5.73 Å². The highest BCUT2D eigenvalue weighted by Crippen LogP contribution is 2.34. The third kappa shape index (κ3) is 5.13. The molecule has 114 valence electrons. The second-order valence-electron chi connectivity index (χ2n) is 6.56. The zero-order valence-electron chi connectivity index (χ0n) is 13.1. The van der Waals surface area contributed by atoms with Crippen LogP contribution >= 0.6 is 0 Å². The zero-order valence-corrected chi connectivity index (χ0v) is 13.1. The summed E-state index contributed by atoms with van der Waals surface area (Å²) in [6, 6.07) is 2.64. The minimum Gasteiger partial charge on any atom is -0.369 e. The van der Waals surface area contributed by atoms with Gasteiger partial charge in [0.1, 0.15) is 0 Å². The summed E-state index contributed by atoms with van der Waals surface area (Å²) >= 11 is 0. The van der Waals surface area contributed by atoms with Crippen molar-refractivity contribution in [2.75, 3.05) is 13.1 Å². The Morgan fingerprint density at radius 3 is 2.65 bits per heavy atom. The molecule has 0 aromatic carbocycles. The third-order valence-corrected chi connectivity index (χ3v) is 4.22. The van der Waals surface area contributed by atoms with Gasteiger partial charge in [0.15, 0.2) is 0 Å². The molecule has 1 aliphatic carbocycles. The maximum atomic E-state index is 11.3. The van der Waals surface area contributed by atoms with E-state index in [9.17, 15) is 10.1 Å². The SMILES string of the molecule is CCCC1CCC(C#N)C(N(CC(N)=O)CC(C)C)C1. The molecule has 0 heterocycles. The van der Waals surface area contributed by atoms with E-state index >= 15 is 0 Å². The first kappa shape index (κ1) is 17.0. The van der Waals surface area contributed by atoms with Crippen LogP contribution in [0.15, 0.2) is 0 Å². The second-order valence-corrected chi connectivity index (χ2v) is 6.56. The number of carbonyl (C=O) groups is 1. The molecule has 3 unspecified atom stereocenters. The largest absolute Gasteiger partial charge is 0.369 e. The molecule has 0 saturated heterocycles. The lowest BCUT2D eigenvalue weighted by molar-refractivity contribution is -0.120. The monoisotopic (exact) mass is 279 g/mol. The first-order valence-electron chi connectivity index (χ1n) is 7.89. The average molecular weight is 279 g/mol. The molecule has 4 heteroatoms. The number of hydrogen-bond donors (Lipinski definition) is 1. The van der Waals surface area contributed by atoms with Crippen molar-refractivity contribution in [3.05, 3.63) is 0 Å². The highest BCUT2D eigenvalue weighted by Gasteiger charge is 2.34. The van der Waals surface area contributed by atoms with E-state index in [1.54, 1.807) is 0 Å². The van der Waals surface area contributed by atoms with Gasteiger partial charge in [-0.25, -0.2) is 0 Å². The standard InChI is InChI=1S/C16H29N3O/c1-4-5-13-6-7-14(9-17)15(8-13)19(10-12(2)3)11-16(18)20/h12-15H,4-8,10-11H2,1-3H3,(H2,18,20). The van der Waals surface area contributed by atoms with Crippen molar-refractivity contribution in [2.24, 2.45) is 23.5 Å². The van der Waals surface area contributed by atoms with Gasteiger partial charge in [-0.3, -0.25) is 9.69 Å². The van der Waals surface area contributed by atoms with Gasteiger partial charge < -0.3 is 5.73 Å². The average Bonchev–Trinajstić information content (AvgIpc) is 2.37. The maximum absolute atomic E-state index is 11.3. The first-order chi connectivity index (χ1) is 9.47. The van der Waals surface area contributed by atoms with Crippen molar-refractivity contribution >= 4 is 5.91 Å². The summed E-state index contributed by atoms with van der Waals surface area (Å²) < 4.78 is 0. The van der Waals surface area contributed by atoms with Gasteiger partial charge in [0, 0.05) is 12.6 Å². The number of amides is 1. The molecule has 2 N–H and O–H groups in total. The molecule has 0 aromatic heterocycles. The number of primary amides is 1. The van der Waals surface area contributed by atoms with E-state index in [2.05, 4.69) is 31.7 Å². The molecule has 3 atom stereocenters. The van der Waals surface area contributed by atoms with E-state index in [4.69, 9.17) is 5.73 Å². The first-order valence-corrected chi connectivity index (χ1v) is 7.89. The summed E-state index contributed by atoms with van der Waals surface area (Å²) in [5.74, 6) is 0.915. The quantitative estimate of drug-likeness (QED) is 0.778. The summed E-state index contributed by atoms with van der Waals surface area (Å²) in [6.07, 6.45) is 5.55. The van der Waals surface area contributed by atoms with Crippen LogP contribution in [0.1, 0.15) is 52.9 Å². The number of nitrogens with zero attached hydrogens (tertiary/aromatic N) is 2. The predicted octanol–water partition coefficient (Wildman–Crippen LogP) is 2.54. The van der Waals surface area contributed by atoms with Gasteiger partial charge in [0.05, 0.1) is 18.5 Å². The van der Waals surface area contributed by atoms with Crippen LogP contribution in [0.4, 0.5) is 0 Å². The molecule has 1 amide bonds. The molecule has 1 fully saturated rings. The number of nitriles is 1. The van der Waals surface area contributed by atoms with Crippen LogP contribution in [0.25, 0.3) is 0 Å². The van der Waals surface area contributed by atoms with Gasteiger partial charge >= 0.3 is 0 Å². The number of rotatable bonds is 7. The predicted molar refractivity (Wildman–Crippen MR) is 80.7 cm³/mol. The van der Waals surface area contributed by atoms with E-state index in [-0.39, 0.29) is 24.4 Å². The third-order valence-electron chi connectivity index (χ3n) is 4.22. The van der Waals surface area contributed by atoms with Gasteiger partial charge in [0.25, 0.3) is 0 Å². The molecule has 0 aromatic rings. The van der Waals surface area contributed by atoms with Crippen molar-refractivity contribution in [3.63, 3.8) is 0 Å². The van der Waals surface area contributed by atoms with Gasteiger partial charge in [-0.05, 0) is 31.1 Å². The number of nitrogens with two attached hydrogens (primary N) is 1. The number of hydrogen-bond acceptors (Lipinski definition) is 3. The highest BCUT2D eigenvalue weighted by molar-refractivity contribution is 5.76. The Morgan fingerprint density at radius 1 is 1.45 bits per heavy atom. The van der Waals surface area contributed by atoms with E-state index in [1.165, 1.54) is 12.8 Å². The van der Waals surface area contributed by atoms with Crippen LogP contribution in [-0.2, 0) is 4.79 Å². The Bertz CT molecular complexity index is 348. The van der Waals surface area contributed by atoms with E-state index < -0.39 is 0 Å². The van der Waals surface area contributed by atoms with Crippen molar-refractivity contribution in [2.45, 2.75) is 58.9 Å². The van der Waals surface area contributed by atoms with Crippen molar-refractivity contribution < 1.29 is 4.79 Å². The fourth-order valence-electron chi connectivity index (χ4n) is 3.44. The molecule has 20 heavy (non-hydrogen) atoms. The van der Waals surface area contributed by atoms with Gasteiger partial charge in [-0.2, -0.15) is 5.26 Å². The lowest BCUT2D eigenvalue weighted by Crippen LogP contribution is -2.48. The fourth-order valence-corrected chi connectivity index (χ4v) is 3.44. The highest BCUT2D eigenvalue weighted by atomic mass is 16.1. The molecule has 0 bridgehead atoms. The maximum Gasteiger partial charge on any atom is 0.231 e. The zero-order chi connectivity index (χ0) is 15.1. The summed E-state index contributed by atoms with van der Waals surface area (Å²) in [6.45, 7) is 7.61. The minimum absolute atomic E-state index is 0.0428. The lowest BCUT2D eigenvalue weighted by atomic mass is 9.76. The Morgan fingerprint density at radius 2 is 2.15 bits per heavy atom. The Labute approximate surface area is 123 Å². The Kier molecular flexibility index (Phi) is 7.01. The van der Waals surface area contributed by atoms with Crippen molar-refractivity contribution in [1.82, 2.24) is 4.90 Å². The lowest BCUT2D eigenvalue weighted by Gasteiger charge is -2.40. The van der Waals surface area contributed by atoms with E-state index in [1.807, 2.05) is 0 Å². The number of carbonyl (C=O) groups excluding carboxylic acids is 1. The van der Waals surface area contributed by atoms with Gasteiger partial charge in [-0.15, -0.1) is 0 Å². The van der Waals surface area contributed by atoms with E-state index in [0.717, 1.165) is 25.8 Å². The fraction of sp³-hybridized carbons (Fsp3) is 0.875. The van der Waals surface area contributed by atoms with Crippen LogP contribution in [-0.4, -0.2) is 29.9 Å². The molecule has 1 rings (SSSR count). The Balaban J connectivity index is 2.81. The normalized spacial score (nSPS) is 26.7. The molecule has 1 aliphatic rings. The summed E-state index contributed by atoms with van der Waals surface area (Å²) in [5, 5.41) is 9.40. The van der Waals surface area contributed by atoms with Gasteiger partial charge in [-0.1, -0.05) is 33.6 Å². The van der Waals surface area contributed by atoms with Crippen LogP contribution in [0.5, 0.6) is 0 Å². The summed E-state index contributed by atoms with van der Waals surface area (Å²) in [4.78, 5) is 13.5. The molecular formula is C16H29N3O. The van der Waals surface area contributed by atoms with Gasteiger partial charge in [0.2, 0.25) is 5.91 Å². The van der Waals surface area contributed by atoms with Crippen molar-refractivity contribution in [1.29, 1.82) is 5.26 Å². The van der Waals surface area contributed by atoms with Crippen molar-refractivity contribution in [3.8, 4) is 6.07 Å². The van der Waals surface area contributed by atoms with Crippen LogP contribution in [0.2, 0.25) is 0 Å². The Hall–Kier alpha value is -1.08. The van der Waals surface area contributed by atoms with Crippen LogP contribution in [0.3, 0.4) is 0 Å². The molecule has 0 radical (unpaired) electrons. The smallest absolute Gasteiger partial charge is 0.231 e. The van der Waals surface area contributed by atoms with Crippen LogP contribution in [0, 0.1) is 29.1 Å². The van der Waals surface area contributed by atoms with E-state index in [0.29, 0.717) is 11.8 Å². The second kappa shape index (κ2) is 8.26.